The van der Waals surface area contributed by atoms with Gasteiger partial charge >= 0.3 is 12.2 Å². The van der Waals surface area contributed by atoms with E-state index in [1.807, 2.05) is 36.4 Å². The van der Waals surface area contributed by atoms with Crippen LogP contribution >= 0.6 is 0 Å². The number of carbonyl (C=O) groups is 1. The minimum atomic E-state index is -0.272. The van der Waals surface area contributed by atoms with Crippen LogP contribution in [0.25, 0.3) is 11.1 Å². The molecule has 1 fully saturated rings. The molecule has 37 heavy (non-hydrogen) atoms. The minimum absolute atomic E-state index is 0.0386. The normalized spacial score (nSPS) is 15.1. The summed E-state index contributed by atoms with van der Waals surface area (Å²) in [6, 6.07) is 28.4. The summed E-state index contributed by atoms with van der Waals surface area (Å²) in [5, 5.41) is 0. The van der Waals surface area contributed by atoms with Gasteiger partial charge in [0.05, 0.1) is 0 Å². The van der Waals surface area contributed by atoms with Gasteiger partial charge in [0.2, 0.25) is 0 Å². The zero-order valence-electron chi connectivity index (χ0n) is 21.2. The summed E-state index contributed by atoms with van der Waals surface area (Å²) >= 11 is 0. The lowest BCUT2D eigenvalue weighted by Gasteiger charge is -2.32. The van der Waals surface area contributed by atoms with Crippen molar-refractivity contribution in [3.8, 4) is 6.08 Å². The monoisotopic (exact) mass is 499 g/mol. The Morgan fingerprint density at radius 2 is 1.54 bits per heavy atom. The van der Waals surface area contributed by atoms with Gasteiger partial charge in [-0.1, -0.05) is 72.8 Å². The van der Waals surface area contributed by atoms with Crippen molar-refractivity contribution in [3.63, 3.8) is 0 Å². The quantitative estimate of drug-likeness (QED) is 0.286. The summed E-state index contributed by atoms with van der Waals surface area (Å²) in [6.45, 7) is 5.17. The summed E-state index contributed by atoms with van der Waals surface area (Å²) < 4.78 is 17.4. The number of benzene rings is 3. The molecule has 3 aromatic carbocycles. The number of likely N-dealkylation sites (tertiary alicyclic amines) is 1. The molecule has 0 aliphatic carbocycles. The van der Waals surface area contributed by atoms with E-state index in [1.54, 1.807) is 4.90 Å². The Labute approximate surface area is 217 Å². The molecular formula is C30H33N3O4. The number of carbonyl (C=O) groups excluding carboxylic acids is 1. The highest BCUT2D eigenvalue weighted by molar-refractivity contribution is 5.72. The lowest BCUT2D eigenvalue weighted by atomic mass is 10.1. The Morgan fingerprint density at radius 3 is 2.16 bits per heavy atom. The third-order valence-electron chi connectivity index (χ3n) is 6.77. The van der Waals surface area contributed by atoms with Gasteiger partial charge in [-0.05, 0) is 30.2 Å². The smallest absolute Gasteiger partial charge is 0.409 e. The molecule has 7 heteroatoms. The third kappa shape index (κ3) is 6.68. The average Bonchev–Trinajstić information content (AvgIpc) is 3.35. The molecule has 0 bridgehead atoms. The first kappa shape index (κ1) is 24.8. The number of aromatic nitrogens is 1. The summed E-state index contributed by atoms with van der Waals surface area (Å²) in [6.07, 6.45) is 1.39. The first-order valence-electron chi connectivity index (χ1n) is 12.9. The molecule has 0 saturated carbocycles. The second kappa shape index (κ2) is 11.9. The number of rotatable bonds is 9. The molecule has 5 rings (SSSR count). The van der Waals surface area contributed by atoms with Crippen molar-refractivity contribution in [2.45, 2.75) is 45.0 Å². The fraction of sp³-hybridized carbons (Fsp3) is 0.333. The van der Waals surface area contributed by atoms with Crippen molar-refractivity contribution in [1.82, 2.24) is 14.8 Å². The number of para-hydroxylation sites is 2. The number of hydrogen-bond acceptors (Lipinski definition) is 6. The van der Waals surface area contributed by atoms with Crippen molar-refractivity contribution in [3.05, 3.63) is 96.1 Å². The van der Waals surface area contributed by atoms with Gasteiger partial charge < -0.3 is 18.8 Å². The van der Waals surface area contributed by atoms with E-state index in [0.717, 1.165) is 18.6 Å². The average molecular weight is 500 g/mol. The van der Waals surface area contributed by atoms with Gasteiger partial charge in [0.15, 0.2) is 5.58 Å². The van der Waals surface area contributed by atoms with Gasteiger partial charge in [0.25, 0.3) is 0 Å². The lowest BCUT2D eigenvalue weighted by Crippen LogP contribution is -2.43. The number of oxazole rings is 1. The Hall–Kier alpha value is -3.84. The summed E-state index contributed by atoms with van der Waals surface area (Å²) in [4.78, 5) is 21.3. The van der Waals surface area contributed by atoms with Crippen LogP contribution in [-0.2, 0) is 17.8 Å². The number of fused-ring (bicyclic) bond motifs is 1. The molecule has 1 aromatic heterocycles. The van der Waals surface area contributed by atoms with E-state index < -0.39 is 0 Å². The Kier molecular flexibility index (Phi) is 8.01. The van der Waals surface area contributed by atoms with Gasteiger partial charge in [-0.2, -0.15) is 4.98 Å². The van der Waals surface area contributed by atoms with E-state index in [4.69, 9.17) is 13.9 Å². The highest BCUT2D eigenvalue weighted by Crippen LogP contribution is 2.24. The van der Waals surface area contributed by atoms with Gasteiger partial charge in [-0.15, -0.1) is 0 Å². The first-order valence-corrected chi connectivity index (χ1v) is 12.9. The molecular weight excluding hydrogens is 466 g/mol. The van der Waals surface area contributed by atoms with Crippen molar-refractivity contribution in [2.75, 3.05) is 19.7 Å². The van der Waals surface area contributed by atoms with Crippen molar-refractivity contribution in [2.24, 2.45) is 0 Å². The number of amides is 1. The third-order valence-corrected chi connectivity index (χ3v) is 6.77. The molecule has 2 heterocycles. The van der Waals surface area contributed by atoms with E-state index in [9.17, 15) is 4.79 Å². The number of hydrogen-bond donors (Lipinski definition) is 0. The Morgan fingerprint density at radius 1 is 0.946 bits per heavy atom. The van der Waals surface area contributed by atoms with Crippen LogP contribution in [0.1, 0.15) is 30.9 Å². The molecule has 1 aliphatic rings. The van der Waals surface area contributed by atoms with Crippen LogP contribution in [0.2, 0.25) is 0 Å². The van der Waals surface area contributed by atoms with Crippen LogP contribution in [0.4, 0.5) is 4.79 Å². The molecule has 0 N–H and O–H groups in total. The largest absolute Gasteiger partial charge is 0.448 e. The van der Waals surface area contributed by atoms with E-state index in [2.05, 4.69) is 65.3 Å². The second-order valence-corrected chi connectivity index (χ2v) is 9.55. The van der Waals surface area contributed by atoms with Crippen LogP contribution < -0.4 is 4.74 Å². The van der Waals surface area contributed by atoms with Crippen LogP contribution in [-0.4, -0.2) is 52.7 Å². The topological polar surface area (TPSA) is 68.0 Å². The maximum Gasteiger partial charge on any atom is 0.409 e. The fourth-order valence-electron chi connectivity index (χ4n) is 4.59. The zero-order valence-corrected chi connectivity index (χ0v) is 21.2. The SMILES string of the molecule is C[C@@H](COC(=O)N1CCC(Oc2nc3ccccc3o2)CC1)N(Cc1ccccc1)Cc1ccccc1. The Balaban J connectivity index is 1.11. The van der Waals surface area contributed by atoms with Crippen LogP contribution in [0.3, 0.4) is 0 Å². The van der Waals surface area contributed by atoms with E-state index in [1.165, 1.54) is 11.1 Å². The van der Waals surface area contributed by atoms with Gasteiger partial charge in [-0.25, -0.2) is 4.79 Å². The maximum atomic E-state index is 12.8. The van der Waals surface area contributed by atoms with Gasteiger partial charge in [0.1, 0.15) is 18.2 Å². The maximum absolute atomic E-state index is 12.8. The molecule has 7 nitrogen and oxygen atoms in total. The standard InChI is InChI=1S/C30H33N3O4/c1-23(33(20-24-10-4-2-5-11-24)21-25-12-6-3-7-13-25)22-35-30(34)32-18-16-26(17-19-32)36-29-31-27-14-8-9-15-28(27)37-29/h2-15,23,26H,16-22H2,1H3/t23-/m0/s1. The molecule has 1 saturated heterocycles. The number of nitrogens with zero attached hydrogens (tertiary/aromatic N) is 3. The van der Waals surface area contributed by atoms with E-state index in [-0.39, 0.29) is 24.3 Å². The number of piperidine rings is 1. The molecule has 4 aromatic rings. The molecule has 1 atom stereocenters. The molecule has 192 valence electrons. The predicted octanol–water partition coefficient (Wildman–Crippen LogP) is 5.90. The fourth-order valence-corrected chi connectivity index (χ4v) is 4.59. The molecule has 1 amide bonds. The van der Waals surface area contributed by atoms with Crippen LogP contribution in [0.15, 0.2) is 89.3 Å². The highest BCUT2D eigenvalue weighted by atomic mass is 16.6. The summed E-state index contributed by atoms with van der Waals surface area (Å²) in [7, 11) is 0. The molecule has 0 spiro atoms. The number of ether oxygens (including phenoxy) is 2. The Bertz CT molecular complexity index is 1200. The van der Waals surface area contributed by atoms with Crippen LogP contribution in [0.5, 0.6) is 6.08 Å². The van der Waals surface area contributed by atoms with Gasteiger partial charge in [-0.3, -0.25) is 4.90 Å². The lowest BCUT2D eigenvalue weighted by molar-refractivity contribution is 0.0410. The first-order chi connectivity index (χ1) is 18.1. The molecule has 0 radical (unpaired) electrons. The van der Waals surface area contributed by atoms with Crippen LogP contribution in [0, 0.1) is 0 Å². The van der Waals surface area contributed by atoms with Crippen molar-refractivity contribution in [1.29, 1.82) is 0 Å². The molecule has 0 unspecified atom stereocenters. The van der Waals surface area contributed by atoms with Gasteiger partial charge in [0, 0.05) is 45.1 Å². The predicted molar refractivity (Wildman–Crippen MR) is 142 cm³/mol. The molecule has 1 aliphatic heterocycles. The summed E-state index contributed by atoms with van der Waals surface area (Å²) in [5.41, 5.74) is 3.96. The second-order valence-electron chi connectivity index (χ2n) is 9.55. The zero-order chi connectivity index (χ0) is 25.5. The van der Waals surface area contributed by atoms with E-state index in [0.29, 0.717) is 38.1 Å². The van der Waals surface area contributed by atoms with Crippen molar-refractivity contribution < 1.29 is 18.7 Å². The summed E-state index contributed by atoms with van der Waals surface area (Å²) in [5.74, 6) is 0. The van der Waals surface area contributed by atoms with Crippen molar-refractivity contribution >= 4 is 17.2 Å². The van der Waals surface area contributed by atoms with E-state index >= 15 is 0 Å². The minimum Gasteiger partial charge on any atom is -0.448 e. The highest BCUT2D eigenvalue weighted by Gasteiger charge is 2.27.